The van der Waals surface area contributed by atoms with Gasteiger partial charge in [0.2, 0.25) is 0 Å². The maximum absolute atomic E-state index is 12.1. The van der Waals surface area contributed by atoms with Crippen LogP contribution in [0.15, 0.2) is 42.5 Å². The molecule has 0 aliphatic carbocycles. The van der Waals surface area contributed by atoms with Gasteiger partial charge in [0.15, 0.2) is 11.9 Å². The predicted octanol–water partition coefficient (Wildman–Crippen LogP) is 2.34. The van der Waals surface area contributed by atoms with Crippen molar-refractivity contribution in [1.29, 1.82) is 0 Å². The van der Waals surface area contributed by atoms with E-state index < -0.39 is 6.10 Å². The molecule has 1 heterocycles. The molecule has 1 aliphatic rings. The van der Waals surface area contributed by atoms with Gasteiger partial charge in [-0.25, -0.2) is 0 Å². The van der Waals surface area contributed by atoms with Crippen LogP contribution >= 0.6 is 0 Å². The number of carbonyl (C=O) groups excluding carboxylic acids is 1. The number of hydrogen-bond acceptors (Lipinski definition) is 4. The van der Waals surface area contributed by atoms with Crippen LogP contribution in [-0.2, 0) is 11.2 Å². The Morgan fingerprint density at radius 3 is 2.42 bits per heavy atom. The van der Waals surface area contributed by atoms with Crippen molar-refractivity contribution in [2.45, 2.75) is 12.5 Å². The Labute approximate surface area is 109 Å². The molecule has 0 saturated carbocycles. The number of aromatic hydroxyl groups is 2. The Morgan fingerprint density at radius 2 is 1.68 bits per heavy atom. The predicted molar refractivity (Wildman–Crippen MR) is 68.3 cm³/mol. The summed E-state index contributed by atoms with van der Waals surface area (Å²) in [7, 11) is 0. The molecule has 4 heteroatoms. The SMILES string of the molecule is O=C1Cc2cc(O)ccc2OC1c1ccc(O)cc1. The molecule has 3 rings (SSSR count). The molecular formula is C15H12O4. The molecule has 96 valence electrons. The normalized spacial score (nSPS) is 17.7. The molecule has 0 aromatic heterocycles. The summed E-state index contributed by atoms with van der Waals surface area (Å²) < 4.78 is 5.68. The molecular weight excluding hydrogens is 244 g/mol. The zero-order valence-electron chi connectivity index (χ0n) is 10.0. The van der Waals surface area contributed by atoms with Crippen LogP contribution in [0, 0.1) is 0 Å². The lowest BCUT2D eigenvalue weighted by Crippen LogP contribution is -2.25. The van der Waals surface area contributed by atoms with E-state index in [2.05, 4.69) is 0 Å². The second-order valence-electron chi connectivity index (χ2n) is 4.52. The van der Waals surface area contributed by atoms with Crippen molar-refractivity contribution in [3.05, 3.63) is 53.6 Å². The zero-order chi connectivity index (χ0) is 13.4. The third kappa shape index (κ3) is 2.12. The zero-order valence-corrected chi connectivity index (χ0v) is 10.0. The Kier molecular flexibility index (Phi) is 2.63. The van der Waals surface area contributed by atoms with Crippen molar-refractivity contribution >= 4 is 5.78 Å². The molecule has 0 radical (unpaired) electrons. The van der Waals surface area contributed by atoms with Crippen molar-refractivity contribution in [1.82, 2.24) is 0 Å². The van der Waals surface area contributed by atoms with Crippen LogP contribution in [0.2, 0.25) is 0 Å². The largest absolute Gasteiger partial charge is 0.508 e. The number of hydrogen-bond donors (Lipinski definition) is 2. The standard InChI is InChI=1S/C15H12O4/c16-11-3-1-9(2-4-11)15-13(18)8-10-7-12(17)5-6-14(10)19-15/h1-7,15-17H,8H2. The molecule has 1 atom stereocenters. The fraction of sp³-hybridized carbons (Fsp3) is 0.133. The molecule has 0 bridgehead atoms. The monoisotopic (exact) mass is 256 g/mol. The van der Waals surface area contributed by atoms with Gasteiger partial charge in [0, 0.05) is 17.5 Å². The number of fused-ring (bicyclic) bond motifs is 1. The summed E-state index contributed by atoms with van der Waals surface area (Å²) in [6.07, 6.45) is -0.424. The first-order chi connectivity index (χ1) is 9.13. The summed E-state index contributed by atoms with van der Waals surface area (Å²) in [6, 6.07) is 11.1. The smallest absolute Gasteiger partial charge is 0.182 e. The summed E-state index contributed by atoms with van der Waals surface area (Å²) in [4.78, 5) is 12.1. The van der Waals surface area contributed by atoms with Gasteiger partial charge in [-0.1, -0.05) is 12.1 Å². The van der Waals surface area contributed by atoms with Gasteiger partial charge < -0.3 is 14.9 Å². The number of ether oxygens (including phenoxy) is 1. The highest BCUT2D eigenvalue weighted by Gasteiger charge is 2.29. The van der Waals surface area contributed by atoms with E-state index in [1.165, 1.54) is 18.2 Å². The molecule has 0 spiro atoms. The summed E-state index contributed by atoms with van der Waals surface area (Å²) in [5.74, 6) is 0.815. The van der Waals surface area contributed by atoms with E-state index in [4.69, 9.17) is 4.74 Å². The van der Waals surface area contributed by atoms with Crippen LogP contribution in [0.4, 0.5) is 0 Å². The molecule has 1 unspecified atom stereocenters. The fourth-order valence-electron chi connectivity index (χ4n) is 2.20. The van der Waals surface area contributed by atoms with Gasteiger partial charge in [-0.15, -0.1) is 0 Å². The third-order valence-electron chi connectivity index (χ3n) is 3.14. The van der Waals surface area contributed by atoms with Crippen LogP contribution < -0.4 is 4.74 Å². The van der Waals surface area contributed by atoms with E-state index >= 15 is 0 Å². The van der Waals surface area contributed by atoms with Crippen LogP contribution in [-0.4, -0.2) is 16.0 Å². The molecule has 19 heavy (non-hydrogen) atoms. The first-order valence-corrected chi connectivity index (χ1v) is 5.94. The van der Waals surface area contributed by atoms with Gasteiger partial charge in [-0.2, -0.15) is 0 Å². The van der Waals surface area contributed by atoms with Crippen LogP contribution in [0.3, 0.4) is 0 Å². The summed E-state index contributed by atoms with van der Waals surface area (Å²) >= 11 is 0. The Balaban J connectivity index is 1.95. The lowest BCUT2D eigenvalue weighted by molar-refractivity contribution is -0.126. The number of Topliss-reactive ketones (excluding diaryl/α,β-unsaturated/α-hetero) is 1. The van der Waals surface area contributed by atoms with Gasteiger partial charge in [-0.05, 0) is 30.3 Å². The van der Waals surface area contributed by atoms with Gasteiger partial charge >= 0.3 is 0 Å². The topological polar surface area (TPSA) is 66.8 Å². The highest BCUT2D eigenvalue weighted by atomic mass is 16.5. The fourth-order valence-corrected chi connectivity index (χ4v) is 2.20. The van der Waals surface area contributed by atoms with E-state index in [1.54, 1.807) is 24.3 Å². The number of ketones is 1. The Morgan fingerprint density at radius 1 is 1.00 bits per heavy atom. The molecule has 1 aliphatic heterocycles. The van der Waals surface area contributed by atoms with E-state index in [9.17, 15) is 15.0 Å². The van der Waals surface area contributed by atoms with Gasteiger partial charge in [0.1, 0.15) is 17.2 Å². The maximum Gasteiger partial charge on any atom is 0.182 e. The van der Waals surface area contributed by atoms with E-state index in [0.29, 0.717) is 16.9 Å². The number of phenolic OH excluding ortho intramolecular Hbond substituents is 2. The average Bonchev–Trinajstić information content (AvgIpc) is 2.39. The molecule has 2 N–H and O–H groups in total. The van der Waals surface area contributed by atoms with E-state index in [0.717, 1.165) is 0 Å². The lowest BCUT2D eigenvalue weighted by atomic mass is 9.96. The number of carbonyl (C=O) groups is 1. The van der Waals surface area contributed by atoms with Gasteiger partial charge in [0.05, 0.1) is 0 Å². The highest BCUT2D eigenvalue weighted by molar-refractivity contribution is 5.88. The molecule has 2 aromatic rings. The van der Waals surface area contributed by atoms with Crippen LogP contribution in [0.5, 0.6) is 17.2 Å². The van der Waals surface area contributed by atoms with Crippen molar-refractivity contribution in [2.75, 3.05) is 0 Å². The number of rotatable bonds is 1. The van der Waals surface area contributed by atoms with Crippen LogP contribution in [0.25, 0.3) is 0 Å². The summed E-state index contributed by atoms with van der Waals surface area (Å²) in [6.45, 7) is 0. The van der Waals surface area contributed by atoms with Gasteiger partial charge in [0.25, 0.3) is 0 Å². The lowest BCUT2D eigenvalue weighted by Gasteiger charge is -2.25. The number of benzene rings is 2. The molecule has 2 aromatic carbocycles. The third-order valence-corrected chi connectivity index (χ3v) is 3.14. The van der Waals surface area contributed by atoms with Crippen molar-refractivity contribution in [3.63, 3.8) is 0 Å². The molecule has 0 fully saturated rings. The maximum atomic E-state index is 12.1. The van der Waals surface area contributed by atoms with Crippen molar-refractivity contribution < 1.29 is 19.7 Å². The van der Waals surface area contributed by atoms with E-state index in [-0.39, 0.29) is 23.7 Å². The second-order valence-corrected chi connectivity index (χ2v) is 4.52. The van der Waals surface area contributed by atoms with Crippen LogP contribution in [0.1, 0.15) is 17.2 Å². The highest BCUT2D eigenvalue weighted by Crippen LogP contribution is 2.34. The van der Waals surface area contributed by atoms with Gasteiger partial charge in [-0.3, -0.25) is 4.79 Å². The first kappa shape index (κ1) is 11.6. The summed E-state index contributed by atoms with van der Waals surface area (Å²) in [5.41, 5.74) is 1.40. The molecule has 0 amide bonds. The van der Waals surface area contributed by atoms with Crippen molar-refractivity contribution in [2.24, 2.45) is 0 Å². The summed E-state index contributed by atoms with van der Waals surface area (Å²) in [5, 5.41) is 18.6. The minimum absolute atomic E-state index is 0.0659. The average molecular weight is 256 g/mol. The molecule has 0 saturated heterocycles. The Hall–Kier alpha value is -2.49. The first-order valence-electron chi connectivity index (χ1n) is 5.94. The quantitative estimate of drug-likeness (QED) is 0.821. The van der Waals surface area contributed by atoms with E-state index in [1.807, 2.05) is 0 Å². The molecule has 4 nitrogen and oxygen atoms in total. The van der Waals surface area contributed by atoms with Crippen molar-refractivity contribution in [3.8, 4) is 17.2 Å². The minimum atomic E-state index is -0.655. The second kappa shape index (κ2) is 4.31. The minimum Gasteiger partial charge on any atom is -0.508 e. The Bertz CT molecular complexity index is 631. The number of phenols is 2.